The molecule has 3 saturated carbocycles. The summed E-state index contributed by atoms with van der Waals surface area (Å²) in [6.45, 7) is 0. The first-order chi connectivity index (χ1) is 22.7. The van der Waals surface area contributed by atoms with Crippen molar-refractivity contribution >= 4 is 29.0 Å². The molecule has 0 aliphatic heterocycles. The summed E-state index contributed by atoms with van der Waals surface area (Å²) in [6, 6.07) is 39.0. The number of carbonyl (C=O) groups excluding carboxylic acids is 1. The topological polar surface area (TPSA) is 17.1 Å². The number of hydrogen-bond acceptors (Lipinski definition) is 1. The van der Waals surface area contributed by atoms with Gasteiger partial charge < -0.3 is 0 Å². The normalized spacial score (nSPS) is 18.8. The molecule has 0 heterocycles. The van der Waals surface area contributed by atoms with Gasteiger partial charge in [-0.15, -0.1) is 0 Å². The highest BCUT2D eigenvalue weighted by Crippen LogP contribution is 2.56. The van der Waals surface area contributed by atoms with Crippen molar-refractivity contribution in [3.8, 4) is 0 Å². The van der Waals surface area contributed by atoms with E-state index in [-0.39, 0.29) is 5.78 Å². The monoisotopic (exact) mass is 627 g/mol. The van der Waals surface area contributed by atoms with E-state index in [9.17, 15) is 4.79 Å². The van der Waals surface area contributed by atoms with Crippen molar-refractivity contribution in [2.75, 3.05) is 6.16 Å². The smallest absolute Gasteiger partial charge is 0.201 e. The minimum atomic E-state index is -2.30. The molecule has 0 saturated heterocycles. The summed E-state index contributed by atoms with van der Waals surface area (Å²) < 4.78 is 0. The Bertz CT molecular complexity index is 1390. The van der Waals surface area contributed by atoms with Crippen LogP contribution in [0.5, 0.6) is 0 Å². The summed E-state index contributed by atoms with van der Waals surface area (Å²) in [5.41, 5.74) is 5.27. The third kappa shape index (κ3) is 6.82. The van der Waals surface area contributed by atoms with Crippen LogP contribution in [-0.2, 0) is 0 Å². The molecule has 2 heteroatoms. The van der Waals surface area contributed by atoms with E-state index in [0.717, 1.165) is 5.56 Å². The van der Waals surface area contributed by atoms with Crippen molar-refractivity contribution in [2.45, 2.75) is 114 Å². The molecule has 0 amide bonds. The van der Waals surface area contributed by atoms with E-state index in [4.69, 9.17) is 0 Å². The molecule has 3 fully saturated rings. The highest BCUT2D eigenvalue weighted by Gasteiger charge is 2.47. The Labute approximate surface area is 278 Å². The first-order valence-electron chi connectivity index (χ1n) is 18.5. The Morgan fingerprint density at radius 1 is 0.435 bits per heavy atom. The van der Waals surface area contributed by atoms with Gasteiger partial charge in [-0.2, -0.15) is 0 Å². The zero-order valence-electron chi connectivity index (χ0n) is 27.7. The van der Waals surface area contributed by atoms with Crippen molar-refractivity contribution in [2.24, 2.45) is 0 Å². The molecular weight excluding hydrogens is 575 g/mol. The van der Waals surface area contributed by atoms with Crippen molar-refractivity contribution in [1.82, 2.24) is 0 Å². The molecule has 3 aliphatic carbocycles. The number of hydrogen-bond donors (Lipinski definition) is 0. The fraction of sp³-hybridized carbons (Fsp3) is 0.432. The third-order valence-electron chi connectivity index (χ3n) is 11.7. The van der Waals surface area contributed by atoms with Gasteiger partial charge in [-0.3, -0.25) is 4.79 Å². The van der Waals surface area contributed by atoms with E-state index in [0.29, 0.717) is 23.9 Å². The van der Waals surface area contributed by atoms with Crippen LogP contribution < -0.4 is 15.9 Å². The van der Waals surface area contributed by atoms with E-state index in [1.54, 1.807) is 0 Å². The van der Waals surface area contributed by atoms with E-state index in [2.05, 4.69) is 72.8 Å². The lowest BCUT2D eigenvalue weighted by atomic mass is 9.84. The molecule has 3 aliphatic rings. The van der Waals surface area contributed by atoms with Crippen molar-refractivity contribution < 1.29 is 4.79 Å². The molecule has 0 radical (unpaired) electrons. The predicted molar refractivity (Wildman–Crippen MR) is 198 cm³/mol. The first-order valence-corrected chi connectivity index (χ1v) is 20.5. The van der Waals surface area contributed by atoms with Gasteiger partial charge in [0.25, 0.3) is 0 Å². The Morgan fingerprint density at radius 2 is 0.761 bits per heavy atom. The van der Waals surface area contributed by atoms with Gasteiger partial charge in [0.15, 0.2) is 0 Å². The van der Waals surface area contributed by atoms with Crippen LogP contribution in [0.15, 0.2) is 103 Å². The molecule has 0 bridgehead atoms. The van der Waals surface area contributed by atoms with Crippen LogP contribution in [0.2, 0.25) is 0 Å². The lowest BCUT2D eigenvalue weighted by Crippen LogP contribution is -2.36. The SMILES string of the molecule is O=C(C[P+](c1ccc(C2CCCCC2)cc1)(c1ccc(C2CCCCC2)cc1)c1ccc(C2CCCCC2)cc1)c1ccccc1. The minimum absolute atomic E-state index is 0.248. The Kier molecular flexibility index (Phi) is 10.2. The van der Waals surface area contributed by atoms with Crippen LogP contribution in [0.4, 0.5) is 0 Å². The third-order valence-corrected chi connectivity index (χ3v) is 16.0. The van der Waals surface area contributed by atoms with Crippen molar-refractivity contribution in [3.63, 3.8) is 0 Å². The summed E-state index contributed by atoms with van der Waals surface area (Å²) in [6.07, 6.45) is 20.5. The van der Waals surface area contributed by atoms with Gasteiger partial charge in [0.05, 0.1) is 0 Å². The molecular formula is C44H52OP+. The Morgan fingerprint density at radius 3 is 1.09 bits per heavy atom. The molecule has 0 atom stereocenters. The van der Waals surface area contributed by atoms with Crippen molar-refractivity contribution in [3.05, 3.63) is 125 Å². The standard InChI is InChI=1S/C44H52OP/c45-44(40-19-11-4-12-20-40)33-46(41-27-21-37(22-28-41)34-13-5-1-6-14-34,42-29-23-38(24-30-42)35-15-7-2-8-16-35)43-31-25-39(26-32-43)36-17-9-3-10-18-36/h4,11-12,19-32,34-36H,1-3,5-10,13-18,33H2/q+1. The molecule has 4 aromatic carbocycles. The van der Waals surface area contributed by atoms with Gasteiger partial charge in [0.2, 0.25) is 5.78 Å². The maximum atomic E-state index is 14.4. The van der Waals surface area contributed by atoms with Crippen molar-refractivity contribution in [1.29, 1.82) is 0 Å². The molecule has 46 heavy (non-hydrogen) atoms. The van der Waals surface area contributed by atoms with Crippen LogP contribution in [0.3, 0.4) is 0 Å². The second-order valence-electron chi connectivity index (χ2n) is 14.5. The fourth-order valence-electron chi connectivity index (χ4n) is 8.96. The number of benzene rings is 4. The summed E-state index contributed by atoms with van der Waals surface area (Å²) >= 11 is 0. The van der Waals surface area contributed by atoms with E-state index >= 15 is 0 Å². The lowest BCUT2D eigenvalue weighted by Gasteiger charge is -2.29. The molecule has 7 rings (SSSR count). The maximum Gasteiger partial charge on any atom is 0.201 e. The Hall–Kier alpha value is -3.02. The molecule has 0 unspecified atom stereocenters. The zero-order valence-corrected chi connectivity index (χ0v) is 28.6. The molecule has 1 nitrogen and oxygen atoms in total. The number of rotatable bonds is 9. The van der Waals surface area contributed by atoms with Gasteiger partial charge in [0, 0.05) is 5.56 Å². The highest BCUT2D eigenvalue weighted by molar-refractivity contribution is 7.96. The Balaban J connectivity index is 1.34. The quantitative estimate of drug-likeness (QED) is 0.133. The summed E-state index contributed by atoms with van der Waals surface area (Å²) in [7, 11) is -2.30. The average Bonchev–Trinajstić information content (AvgIpc) is 3.15. The average molecular weight is 628 g/mol. The van der Waals surface area contributed by atoms with E-state index in [1.807, 2.05) is 30.3 Å². The van der Waals surface area contributed by atoms with Crippen LogP contribution in [0.25, 0.3) is 0 Å². The largest absolute Gasteiger partial charge is 0.290 e. The van der Waals surface area contributed by atoms with Gasteiger partial charge in [-0.25, -0.2) is 0 Å². The molecule has 0 spiro atoms. The maximum absolute atomic E-state index is 14.4. The van der Waals surface area contributed by atoms with Crippen LogP contribution in [-0.4, -0.2) is 11.9 Å². The number of Topliss-reactive ketones (excluding diaryl/α,β-unsaturated/α-hetero) is 1. The van der Waals surface area contributed by atoms with Gasteiger partial charge in [-0.05, 0) is 109 Å². The highest BCUT2D eigenvalue weighted by atomic mass is 31.2. The summed E-state index contributed by atoms with van der Waals surface area (Å²) in [5, 5.41) is 4.02. The van der Waals surface area contributed by atoms with Crippen LogP contribution in [0.1, 0.15) is 141 Å². The van der Waals surface area contributed by atoms with Gasteiger partial charge in [0.1, 0.15) is 29.3 Å². The van der Waals surface area contributed by atoms with E-state index in [1.165, 1.54) is 129 Å². The number of ketones is 1. The molecule has 0 aromatic heterocycles. The first kappa shape index (κ1) is 31.6. The fourth-order valence-corrected chi connectivity index (χ4v) is 13.0. The predicted octanol–water partition coefficient (Wildman–Crippen LogP) is 11.0. The second kappa shape index (κ2) is 14.8. The molecule has 238 valence electrons. The molecule has 4 aromatic rings. The lowest BCUT2D eigenvalue weighted by molar-refractivity contribution is 0.102. The van der Waals surface area contributed by atoms with E-state index < -0.39 is 7.26 Å². The van der Waals surface area contributed by atoms with Gasteiger partial charge >= 0.3 is 0 Å². The van der Waals surface area contributed by atoms with Crippen LogP contribution >= 0.6 is 7.26 Å². The second-order valence-corrected chi connectivity index (χ2v) is 18.0. The molecule has 0 N–H and O–H groups in total. The zero-order chi connectivity index (χ0) is 31.2. The van der Waals surface area contributed by atoms with Crippen LogP contribution in [0, 0.1) is 0 Å². The summed E-state index contributed by atoms with van der Waals surface area (Å²) in [4.78, 5) is 14.4. The summed E-state index contributed by atoms with van der Waals surface area (Å²) in [5.74, 6) is 2.26. The minimum Gasteiger partial charge on any atom is -0.290 e. The van der Waals surface area contributed by atoms with Gasteiger partial charge in [-0.1, -0.05) is 125 Å². The number of carbonyl (C=O) groups is 1.